The number of likely N-dealkylation sites (N-methyl/N-ethyl adjacent to an activating group) is 1. The number of halogens is 22. The van der Waals surface area contributed by atoms with Crippen molar-refractivity contribution in [2.45, 2.75) is 56.6 Å². The first kappa shape index (κ1) is 139. The minimum absolute atomic E-state index is 0. The van der Waals surface area contributed by atoms with Gasteiger partial charge in [-0.15, -0.1) is 0 Å². The zero-order valence-corrected chi connectivity index (χ0v) is 98.8. The number of alkyl halides is 17. The number of hydrogen-bond donors (Lipinski definition) is 6. The summed E-state index contributed by atoms with van der Waals surface area (Å²) in [7, 11) is 2.86. The summed E-state index contributed by atoms with van der Waals surface area (Å²) in [6, 6.07) is 23.3. The molecule has 6 N–H and O–H groups in total. The monoisotopic (exact) mass is 2420 g/mol. The summed E-state index contributed by atoms with van der Waals surface area (Å²) in [5.41, 5.74) is -5.76. The molecular weight excluding hydrogens is 2350 g/mol. The summed E-state index contributed by atoms with van der Waals surface area (Å²) in [6.45, 7) is -1.82. The minimum Gasteiger partial charge on any atom is -1.00 e. The maximum atomic E-state index is 13.3. The van der Waals surface area contributed by atoms with Crippen molar-refractivity contribution in [3.05, 3.63) is 234 Å². The third-order valence-corrected chi connectivity index (χ3v) is 17.3. The van der Waals surface area contributed by atoms with Gasteiger partial charge in [0.05, 0.1) is 85.0 Å². The molecule has 11 rings (SSSR count). The van der Waals surface area contributed by atoms with Crippen LogP contribution in [0.4, 0.5) is 99.3 Å². The zero-order chi connectivity index (χ0) is 98.1. The van der Waals surface area contributed by atoms with Gasteiger partial charge in [-0.05, 0) is 105 Å². The molecule has 3 atom stereocenters. The molecule has 3 radical (unpaired) electrons. The normalized spacial score (nSPS) is 11.9. The van der Waals surface area contributed by atoms with E-state index in [-0.39, 0.29) is 404 Å². The van der Waals surface area contributed by atoms with Gasteiger partial charge >= 0.3 is 301 Å². The third kappa shape index (κ3) is 49.1. The first-order chi connectivity index (χ1) is 61.0. The van der Waals surface area contributed by atoms with Crippen LogP contribution in [0.5, 0.6) is 28.7 Å². The molecule has 61 heteroatoms. The number of aromatic nitrogens is 10. The molecule has 1 aliphatic rings. The van der Waals surface area contributed by atoms with E-state index in [0.29, 0.717) is 17.4 Å². The summed E-state index contributed by atoms with van der Waals surface area (Å²) < 4.78 is 259. The summed E-state index contributed by atoms with van der Waals surface area (Å²) in [6.07, 6.45) is -18.7. The Hall–Kier alpha value is -3.18. The Labute approximate surface area is 1030 Å². The van der Waals surface area contributed by atoms with Gasteiger partial charge in [-0.25, -0.2) is 24.9 Å². The molecule has 5 aromatic heterocycles. The van der Waals surface area contributed by atoms with Crippen LogP contribution < -0.4 is 326 Å². The number of carbonyl (C=O) groups excluding carboxylic acids is 4. The Balaban J connectivity index is -0.000000244. The number of ether oxygens (including phenoxy) is 4. The van der Waals surface area contributed by atoms with Crippen molar-refractivity contribution in [2.75, 3.05) is 107 Å². The molecular formula is C75H74BBrCl5Cs2F16K2N15NaO17S. The van der Waals surface area contributed by atoms with Crippen molar-refractivity contribution in [3.8, 4) is 28.7 Å². The van der Waals surface area contributed by atoms with Crippen molar-refractivity contribution in [1.29, 1.82) is 0 Å². The van der Waals surface area contributed by atoms with Gasteiger partial charge in [-0.2, -0.15) is 99.2 Å². The van der Waals surface area contributed by atoms with Gasteiger partial charge in [-0.3, -0.25) is 27.8 Å². The maximum absolute atomic E-state index is 13.3. The molecule has 32 nitrogen and oxygen atoms in total. The van der Waals surface area contributed by atoms with Gasteiger partial charge < -0.3 is 79.9 Å². The van der Waals surface area contributed by atoms with Crippen LogP contribution >= 0.6 is 73.9 Å². The number of aliphatic hydroxyl groups is 1. The van der Waals surface area contributed by atoms with Crippen LogP contribution in [-0.2, 0) is 64.5 Å². The number of aromatic hydroxyl groups is 1. The molecule has 0 bridgehead atoms. The fraction of sp³-hybridized carbons (Fsp3) is 0.280. The minimum atomic E-state index is -4.70. The predicted octanol–water partition coefficient (Wildman–Crippen LogP) is 0.989. The Morgan fingerprint density at radius 1 is 0.559 bits per heavy atom. The average Bonchev–Trinajstić information content (AvgIpc) is 0.773. The van der Waals surface area contributed by atoms with Crippen molar-refractivity contribution < 1.29 is 427 Å². The topological polar surface area (TPSA) is 434 Å². The van der Waals surface area contributed by atoms with E-state index in [9.17, 15) is 93.4 Å². The van der Waals surface area contributed by atoms with Crippen LogP contribution in [0.15, 0.2) is 152 Å². The van der Waals surface area contributed by atoms with Crippen molar-refractivity contribution in [2.24, 2.45) is 0 Å². The van der Waals surface area contributed by atoms with E-state index < -0.39 is 131 Å². The number of Topliss-reactive ketones (excluding diaryl/α,β-unsaturated/α-hetero) is 2. The second-order valence-corrected chi connectivity index (χ2v) is 27.5. The van der Waals surface area contributed by atoms with Gasteiger partial charge in [0.25, 0.3) is 23.1 Å². The number of anilines is 5. The first-order valence-corrected chi connectivity index (χ1v) is 39.4. The molecule has 1 aliphatic heterocycles. The Kier molecular flexibility index (Phi) is 72.1. The Morgan fingerprint density at radius 2 is 0.882 bits per heavy atom. The molecule has 3 unspecified atom stereocenters. The van der Waals surface area contributed by atoms with Crippen molar-refractivity contribution in [3.63, 3.8) is 0 Å². The van der Waals surface area contributed by atoms with Crippen LogP contribution in [0, 0.1) is 0 Å². The molecule has 10 aromatic rings. The second kappa shape index (κ2) is 70.6. The van der Waals surface area contributed by atoms with Crippen LogP contribution in [0.25, 0.3) is 0 Å². The summed E-state index contributed by atoms with van der Waals surface area (Å²) in [5, 5.41) is 46.5. The molecule has 0 aliphatic carbocycles. The number of aliphatic hydroxyl groups excluding tert-OH is 1. The maximum Gasteiger partial charge on any atom is 1.00 e. The van der Waals surface area contributed by atoms with Crippen molar-refractivity contribution in [1.82, 2.24) is 49.8 Å². The van der Waals surface area contributed by atoms with E-state index >= 15 is 0 Å². The summed E-state index contributed by atoms with van der Waals surface area (Å²) in [4.78, 5) is 85.0. The molecule has 0 saturated heterocycles. The molecule has 0 fully saturated rings. The van der Waals surface area contributed by atoms with Crippen LogP contribution in [0.1, 0.15) is 96.6 Å². The Bertz CT molecular complexity index is 5470. The number of carbonyl (C=O) groups is 4. The van der Waals surface area contributed by atoms with E-state index in [1.165, 1.54) is 111 Å². The third-order valence-electron chi connectivity index (χ3n) is 15.3. The van der Waals surface area contributed by atoms with Crippen LogP contribution in [0.3, 0.4) is 0 Å². The van der Waals surface area contributed by atoms with Crippen LogP contribution in [0.2, 0.25) is 26.4 Å². The smallest absolute Gasteiger partial charge is 1.00 e. The second-order valence-electron chi connectivity index (χ2n) is 23.6. The summed E-state index contributed by atoms with van der Waals surface area (Å²) in [5.74, 6) is 0.713. The molecule has 0 spiro atoms. The SMILES string of the molecule is C.CN1c2nc(Cl)ncc2OCC1c1ccccc1C(F)(F)F.CNc1nc(Cl)ncc1O.CNc1nc(Cl)ncc1OCC(=O)c1ccccc1C(F)(F)F.CNc1nc(Cl)ncc1OCC(O)c1ccccc1C(F)(F)F.CNc1nc(Cl)ncc1OCC(OS(C)(=O)=O)c1ccccc1C(F)(F)F.O=C(CBr)c1ccccc1C(F)(F)F.O=CO[O-].O=CO[O-].[2H]CF.[B].[Cs+].[Cs+].[H-].[H-].[H-].[K+].[K+].[Na+]. The largest absolute Gasteiger partial charge is 1.00 e. The van der Waals surface area contributed by atoms with Crippen molar-refractivity contribution >= 4 is 146 Å². The number of nitrogens with one attached hydrogen (secondary N) is 4. The molecule has 0 saturated carbocycles. The number of benzene rings is 5. The molecule has 719 valence electrons. The molecule has 5 aromatic carbocycles. The van der Waals surface area contributed by atoms with E-state index in [1.807, 2.05) is 0 Å². The predicted molar refractivity (Wildman–Crippen MR) is 449 cm³/mol. The van der Waals surface area contributed by atoms with Gasteiger partial charge in [0.15, 0.2) is 70.2 Å². The number of ketones is 2. The summed E-state index contributed by atoms with van der Waals surface area (Å²) >= 11 is 30.9. The molecule has 0 amide bonds. The fourth-order valence-electron chi connectivity index (χ4n) is 10.0. The van der Waals surface area contributed by atoms with E-state index in [1.54, 1.807) is 39.2 Å². The number of rotatable bonds is 23. The van der Waals surface area contributed by atoms with E-state index in [2.05, 4.69) is 96.8 Å². The van der Waals surface area contributed by atoms with E-state index in [0.717, 1.165) is 48.7 Å². The van der Waals surface area contributed by atoms with Gasteiger partial charge in [0.1, 0.15) is 32.0 Å². The number of hydrogen-bond acceptors (Lipinski definition) is 32. The number of nitrogens with zero attached hydrogens (tertiary/aromatic N) is 11. The first-order valence-electron chi connectivity index (χ1n) is 35.3. The Morgan fingerprint density at radius 3 is 1.26 bits per heavy atom. The average molecular weight is 2430 g/mol. The van der Waals surface area contributed by atoms with E-state index in [4.69, 9.17) is 108 Å². The van der Waals surface area contributed by atoms with Gasteiger partial charge in [0, 0.05) is 54.8 Å². The molecule has 6 heterocycles. The quantitative estimate of drug-likeness (QED) is 0.00598. The fourth-order valence-corrected chi connectivity index (χ4v) is 11.6. The standard InChI is InChI=1S/C15H15ClF3N3O4S.C14H13ClF3N3O2.C14H11ClF3N3O2.C14H11ClF3N3O.C9H6BrF3O.C5H6ClN3O.CH3F.2CH2O3.CH4.B.2Cs.2K.Na.3H/c1-20-13-11(7-21-14(16)22-13)25-8-12(26-27(2,23)24)9-5-3-4-6-10(9)15(17,18)19;2*1-19-12-11(6-20-13(15)21-12)23-7-10(22)8-4-2-3-5-9(8)14(16,17)18;1-21-10(7-22-11-6-19-13(15)20-12(11)21)8-4-2-3-5-9(8)14(16,17)18;10-5-8(14)6-3-1-2-4-7(6)9(11,12)13;1-7-4-3(10)2-8-5(6)9-4;1-2;2*2-1-4-3;;;;;;;;;;/h3-7,12H,8H2,1-2H3,(H,20,21,22);2-6,10,22H,7H2,1H3,(H,19,20,21);2-6H,7H2,1H3,(H,19,20,21);2-6,10H,7H2,1H3;1-4H,5H2;2,10H,1H3,(H,7,8,9);1H3;2*1,3H;1H4;;;;;;;;;/q;;;;;;;;;;;5*+1;3*-1/p-2/i;;;;;;1D;;;;;;;;;;;;. The zero-order valence-electron chi connectivity index (χ0n) is 75.8. The number of fused-ring (bicyclic) bond motifs is 1. The van der Waals surface area contributed by atoms with Gasteiger partial charge in [0.2, 0.25) is 32.2 Å². The molecule has 136 heavy (non-hydrogen) atoms. The van der Waals surface area contributed by atoms with Crippen LogP contribution in [-0.4, -0.2) is 182 Å². The van der Waals surface area contributed by atoms with Gasteiger partial charge in [-0.1, -0.05) is 114 Å².